The van der Waals surface area contributed by atoms with Crippen molar-refractivity contribution in [3.05, 3.63) is 65.7 Å². The van der Waals surface area contributed by atoms with Crippen molar-refractivity contribution in [2.24, 2.45) is 5.73 Å². The van der Waals surface area contributed by atoms with Gasteiger partial charge < -0.3 is 16.2 Å². The van der Waals surface area contributed by atoms with Gasteiger partial charge in [-0.1, -0.05) is 48.0 Å². The van der Waals surface area contributed by atoms with Gasteiger partial charge in [-0.3, -0.25) is 14.4 Å². The van der Waals surface area contributed by atoms with Gasteiger partial charge in [0.15, 0.2) is 0 Å². The zero-order chi connectivity index (χ0) is 22.3. The van der Waals surface area contributed by atoms with Crippen LogP contribution >= 0.6 is 0 Å². The molecule has 2 rings (SSSR count). The summed E-state index contributed by atoms with van der Waals surface area (Å²) in [5.41, 5.74) is 6.91. The number of sulfonamides is 1. The lowest BCUT2D eigenvalue weighted by Crippen LogP contribution is -2.54. The zero-order valence-electron chi connectivity index (χ0n) is 16.2. The molecule has 30 heavy (non-hydrogen) atoms. The fourth-order valence-corrected chi connectivity index (χ4v) is 3.88. The predicted octanol–water partition coefficient (Wildman–Crippen LogP) is 0.329. The SMILES string of the molecule is Cc1ccc(S(=O)(=O)N[C@@H](CC(=O)O)C(=O)NC(Cc2ccccc2)C(N)=O)cc1. The Labute approximate surface area is 174 Å². The van der Waals surface area contributed by atoms with E-state index in [0.29, 0.717) is 0 Å². The van der Waals surface area contributed by atoms with Gasteiger partial charge in [-0.05, 0) is 24.6 Å². The second-order valence-electron chi connectivity index (χ2n) is 6.74. The molecule has 0 heterocycles. The quantitative estimate of drug-likeness (QED) is 0.423. The third-order valence-corrected chi connectivity index (χ3v) is 5.75. The molecule has 0 spiro atoms. The molecule has 0 aliphatic rings. The molecule has 0 aromatic heterocycles. The number of carboxylic acids is 1. The van der Waals surface area contributed by atoms with E-state index in [1.165, 1.54) is 12.1 Å². The standard InChI is InChI=1S/C20H23N3O6S/c1-13-7-9-15(10-8-13)30(28,29)23-17(12-18(24)25)20(27)22-16(19(21)26)11-14-5-3-2-4-6-14/h2-10,16-17,23H,11-12H2,1H3,(H2,21,26)(H,22,27)(H,24,25)/t16?,17-/m0/s1. The molecule has 0 aliphatic heterocycles. The number of benzene rings is 2. The van der Waals surface area contributed by atoms with Gasteiger partial charge in [0.2, 0.25) is 21.8 Å². The van der Waals surface area contributed by atoms with Crippen molar-refractivity contribution in [1.82, 2.24) is 10.0 Å². The van der Waals surface area contributed by atoms with Crippen molar-refractivity contribution in [3.8, 4) is 0 Å². The molecule has 160 valence electrons. The number of amides is 2. The second kappa shape index (κ2) is 9.99. The number of nitrogens with one attached hydrogen (secondary N) is 2. The maximum Gasteiger partial charge on any atom is 0.305 e. The number of carbonyl (C=O) groups excluding carboxylic acids is 2. The van der Waals surface area contributed by atoms with Crippen LogP contribution in [0, 0.1) is 6.92 Å². The van der Waals surface area contributed by atoms with Crippen LogP contribution in [0.15, 0.2) is 59.5 Å². The lowest BCUT2D eigenvalue weighted by Gasteiger charge is -2.21. The molecule has 0 saturated carbocycles. The van der Waals surface area contributed by atoms with Crippen molar-refractivity contribution in [2.45, 2.75) is 36.7 Å². The normalized spacial score (nSPS) is 13.2. The van der Waals surface area contributed by atoms with Crippen LogP contribution in [-0.2, 0) is 30.8 Å². The molecular weight excluding hydrogens is 410 g/mol. The van der Waals surface area contributed by atoms with E-state index in [1.54, 1.807) is 49.4 Å². The molecule has 0 saturated heterocycles. The summed E-state index contributed by atoms with van der Waals surface area (Å²) in [7, 11) is -4.17. The van der Waals surface area contributed by atoms with Crippen LogP contribution in [0.1, 0.15) is 17.5 Å². The summed E-state index contributed by atoms with van der Waals surface area (Å²) in [6.45, 7) is 1.78. The highest BCUT2D eigenvalue weighted by molar-refractivity contribution is 7.89. The molecule has 10 heteroatoms. The largest absolute Gasteiger partial charge is 0.481 e. The monoisotopic (exact) mass is 433 g/mol. The smallest absolute Gasteiger partial charge is 0.305 e. The highest BCUT2D eigenvalue weighted by Gasteiger charge is 2.30. The van der Waals surface area contributed by atoms with E-state index >= 15 is 0 Å². The number of nitrogens with two attached hydrogens (primary N) is 1. The van der Waals surface area contributed by atoms with E-state index in [9.17, 15) is 22.8 Å². The maximum absolute atomic E-state index is 12.6. The summed E-state index contributed by atoms with van der Waals surface area (Å²) in [4.78, 5) is 35.5. The number of carboxylic acid groups (broad SMARTS) is 1. The number of hydrogen-bond acceptors (Lipinski definition) is 5. The van der Waals surface area contributed by atoms with Gasteiger partial charge in [0.1, 0.15) is 12.1 Å². The summed E-state index contributed by atoms with van der Waals surface area (Å²) in [6, 6.07) is 11.8. The van der Waals surface area contributed by atoms with Gasteiger partial charge in [0.25, 0.3) is 0 Å². The molecule has 1 unspecified atom stereocenters. The average molecular weight is 433 g/mol. The lowest BCUT2D eigenvalue weighted by molar-refractivity contribution is -0.139. The number of primary amides is 1. The van der Waals surface area contributed by atoms with Crippen LogP contribution in [0.3, 0.4) is 0 Å². The first kappa shape index (κ1) is 23.0. The number of hydrogen-bond donors (Lipinski definition) is 4. The Morgan fingerprint density at radius 1 is 1.00 bits per heavy atom. The maximum atomic E-state index is 12.6. The average Bonchev–Trinajstić information content (AvgIpc) is 2.67. The van der Waals surface area contributed by atoms with Crippen LogP contribution in [-0.4, -0.2) is 43.4 Å². The highest BCUT2D eigenvalue weighted by atomic mass is 32.2. The Kier molecular flexibility index (Phi) is 7.67. The molecule has 2 amide bonds. The molecule has 0 radical (unpaired) electrons. The second-order valence-corrected chi connectivity index (χ2v) is 8.45. The van der Waals surface area contributed by atoms with Crippen molar-refractivity contribution in [3.63, 3.8) is 0 Å². The van der Waals surface area contributed by atoms with Crippen molar-refractivity contribution in [1.29, 1.82) is 0 Å². The van der Waals surface area contributed by atoms with E-state index in [4.69, 9.17) is 10.8 Å². The van der Waals surface area contributed by atoms with Crippen LogP contribution in [0.25, 0.3) is 0 Å². The van der Waals surface area contributed by atoms with E-state index in [1.807, 2.05) is 0 Å². The summed E-state index contributed by atoms with van der Waals surface area (Å²) in [5, 5.41) is 11.5. The van der Waals surface area contributed by atoms with E-state index in [-0.39, 0.29) is 11.3 Å². The molecule has 2 aromatic rings. The Morgan fingerprint density at radius 3 is 2.13 bits per heavy atom. The first-order valence-electron chi connectivity index (χ1n) is 9.03. The third kappa shape index (κ3) is 6.68. The molecule has 5 N–H and O–H groups in total. The number of rotatable bonds is 10. The van der Waals surface area contributed by atoms with Crippen LogP contribution in [0.4, 0.5) is 0 Å². The Hall–Kier alpha value is -3.24. The van der Waals surface area contributed by atoms with E-state index < -0.39 is 46.3 Å². The molecule has 2 aromatic carbocycles. The number of aryl methyl sites for hydroxylation is 1. The molecule has 0 aliphatic carbocycles. The zero-order valence-corrected chi connectivity index (χ0v) is 17.1. The molecule has 2 atom stereocenters. The molecular formula is C20H23N3O6S. The predicted molar refractivity (Wildman–Crippen MR) is 109 cm³/mol. The van der Waals surface area contributed by atoms with Crippen molar-refractivity contribution >= 4 is 27.8 Å². The summed E-state index contributed by atoms with van der Waals surface area (Å²) in [5.74, 6) is -3.18. The minimum absolute atomic E-state index is 0.0758. The lowest BCUT2D eigenvalue weighted by atomic mass is 10.0. The number of aliphatic carboxylic acids is 1. The topological polar surface area (TPSA) is 156 Å². The van der Waals surface area contributed by atoms with Gasteiger partial charge >= 0.3 is 5.97 Å². The Morgan fingerprint density at radius 2 is 1.60 bits per heavy atom. The summed E-state index contributed by atoms with van der Waals surface area (Å²) >= 11 is 0. The van der Waals surface area contributed by atoms with Crippen molar-refractivity contribution < 1.29 is 27.9 Å². The fraction of sp³-hybridized carbons (Fsp3) is 0.250. The molecule has 9 nitrogen and oxygen atoms in total. The van der Waals surface area contributed by atoms with Gasteiger partial charge in [-0.15, -0.1) is 0 Å². The number of carbonyl (C=O) groups is 3. The Bertz CT molecular complexity index is 1010. The summed E-state index contributed by atoms with van der Waals surface area (Å²) in [6.07, 6.45) is -0.736. The fourth-order valence-electron chi connectivity index (χ4n) is 2.68. The van der Waals surface area contributed by atoms with Crippen LogP contribution < -0.4 is 15.8 Å². The molecule has 0 bridgehead atoms. The van der Waals surface area contributed by atoms with Crippen molar-refractivity contribution in [2.75, 3.05) is 0 Å². The first-order chi connectivity index (χ1) is 14.1. The van der Waals surface area contributed by atoms with Gasteiger partial charge in [0.05, 0.1) is 11.3 Å². The van der Waals surface area contributed by atoms with Gasteiger partial charge in [-0.2, -0.15) is 4.72 Å². The Balaban J connectivity index is 2.20. The van der Waals surface area contributed by atoms with Crippen LogP contribution in [0.2, 0.25) is 0 Å². The molecule has 0 fully saturated rings. The van der Waals surface area contributed by atoms with Crippen LogP contribution in [0.5, 0.6) is 0 Å². The van der Waals surface area contributed by atoms with Gasteiger partial charge in [0, 0.05) is 6.42 Å². The summed E-state index contributed by atoms with van der Waals surface area (Å²) < 4.78 is 27.2. The minimum Gasteiger partial charge on any atom is -0.481 e. The van der Waals surface area contributed by atoms with E-state index in [2.05, 4.69) is 10.0 Å². The minimum atomic E-state index is -4.17. The first-order valence-corrected chi connectivity index (χ1v) is 10.5. The third-order valence-electron chi connectivity index (χ3n) is 4.27. The highest BCUT2D eigenvalue weighted by Crippen LogP contribution is 2.12. The van der Waals surface area contributed by atoms with E-state index in [0.717, 1.165) is 11.1 Å². The van der Waals surface area contributed by atoms with Gasteiger partial charge in [-0.25, -0.2) is 8.42 Å².